The Morgan fingerprint density at radius 3 is 2.55 bits per heavy atom. The van der Waals surface area contributed by atoms with Gasteiger partial charge in [-0.25, -0.2) is 5.84 Å². The molecule has 0 saturated carbocycles. The lowest BCUT2D eigenvalue weighted by molar-refractivity contribution is 0.303. The van der Waals surface area contributed by atoms with Crippen LogP contribution in [0.25, 0.3) is 0 Å². The topological polar surface area (TPSA) is 95.2 Å². The van der Waals surface area contributed by atoms with Crippen molar-refractivity contribution >= 4 is 5.95 Å². The van der Waals surface area contributed by atoms with Crippen LogP contribution in [0, 0.1) is 13.8 Å². The summed E-state index contributed by atoms with van der Waals surface area (Å²) in [5.41, 5.74) is 4.50. The van der Waals surface area contributed by atoms with Gasteiger partial charge in [0, 0.05) is 0 Å². The molecule has 0 amide bonds. The van der Waals surface area contributed by atoms with Gasteiger partial charge in [-0.3, -0.25) is 5.43 Å². The zero-order valence-corrected chi connectivity index (χ0v) is 11.7. The fourth-order valence-electron chi connectivity index (χ4n) is 1.65. The Bertz CT molecular complexity index is 603. The van der Waals surface area contributed by atoms with Crippen LogP contribution < -0.4 is 20.7 Å². The SMILES string of the molecule is CCOc1nc(NN)nc(Oc2ccc(C)cc2C)n1. The van der Waals surface area contributed by atoms with Crippen molar-refractivity contribution in [2.24, 2.45) is 5.84 Å². The molecule has 0 bridgehead atoms. The second-order valence-electron chi connectivity index (χ2n) is 4.17. The third kappa shape index (κ3) is 3.33. The van der Waals surface area contributed by atoms with E-state index in [0.29, 0.717) is 12.4 Å². The number of nitrogens with one attached hydrogen (secondary N) is 1. The van der Waals surface area contributed by atoms with Gasteiger partial charge in [0.15, 0.2) is 0 Å². The predicted octanol–water partition coefficient (Wildman–Crippen LogP) is 1.97. The van der Waals surface area contributed by atoms with Crippen LogP contribution in [-0.4, -0.2) is 21.6 Å². The lowest BCUT2D eigenvalue weighted by Gasteiger charge is -2.09. The number of nitrogens with two attached hydrogens (primary N) is 1. The molecule has 0 fully saturated rings. The molecule has 0 spiro atoms. The first-order chi connectivity index (χ1) is 9.62. The molecular formula is C13H17N5O2. The summed E-state index contributed by atoms with van der Waals surface area (Å²) in [5, 5.41) is 0. The zero-order valence-electron chi connectivity index (χ0n) is 11.7. The van der Waals surface area contributed by atoms with Crippen LogP contribution in [0.3, 0.4) is 0 Å². The van der Waals surface area contributed by atoms with Gasteiger partial charge in [-0.1, -0.05) is 17.7 Å². The molecule has 0 aliphatic rings. The number of nitrogen functional groups attached to an aromatic ring is 1. The minimum absolute atomic E-state index is 0.128. The molecule has 7 heteroatoms. The number of nitrogens with zero attached hydrogens (tertiary/aromatic N) is 3. The van der Waals surface area contributed by atoms with Crippen molar-refractivity contribution in [3.8, 4) is 17.8 Å². The number of hydrogen-bond donors (Lipinski definition) is 2. The molecule has 7 nitrogen and oxygen atoms in total. The highest BCUT2D eigenvalue weighted by Crippen LogP contribution is 2.24. The van der Waals surface area contributed by atoms with Gasteiger partial charge in [-0.2, -0.15) is 9.97 Å². The van der Waals surface area contributed by atoms with E-state index in [0.717, 1.165) is 11.1 Å². The van der Waals surface area contributed by atoms with E-state index < -0.39 is 0 Å². The van der Waals surface area contributed by atoms with Crippen molar-refractivity contribution in [1.29, 1.82) is 0 Å². The molecule has 0 saturated heterocycles. The van der Waals surface area contributed by atoms with Gasteiger partial charge >= 0.3 is 12.0 Å². The van der Waals surface area contributed by atoms with Crippen LogP contribution in [0.2, 0.25) is 0 Å². The van der Waals surface area contributed by atoms with Crippen molar-refractivity contribution in [3.63, 3.8) is 0 Å². The number of hydrazine groups is 1. The quantitative estimate of drug-likeness (QED) is 0.636. The number of anilines is 1. The summed E-state index contributed by atoms with van der Waals surface area (Å²) in [7, 11) is 0. The summed E-state index contributed by atoms with van der Waals surface area (Å²) in [5.74, 6) is 6.17. The molecule has 3 N–H and O–H groups in total. The highest BCUT2D eigenvalue weighted by Gasteiger charge is 2.10. The number of ether oxygens (including phenoxy) is 2. The molecule has 2 rings (SSSR count). The summed E-state index contributed by atoms with van der Waals surface area (Å²) >= 11 is 0. The first-order valence-corrected chi connectivity index (χ1v) is 6.23. The van der Waals surface area contributed by atoms with E-state index in [1.165, 1.54) is 0 Å². The third-order valence-electron chi connectivity index (χ3n) is 2.53. The molecule has 1 aromatic heterocycles. The van der Waals surface area contributed by atoms with Gasteiger partial charge in [-0.15, -0.1) is 4.98 Å². The van der Waals surface area contributed by atoms with Crippen molar-refractivity contribution in [2.75, 3.05) is 12.0 Å². The maximum absolute atomic E-state index is 5.66. The van der Waals surface area contributed by atoms with Crippen LogP contribution in [0.4, 0.5) is 5.95 Å². The first-order valence-electron chi connectivity index (χ1n) is 6.23. The minimum Gasteiger partial charge on any atom is -0.464 e. The average molecular weight is 275 g/mol. The average Bonchev–Trinajstić information content (AvgIpc) is 2.42. The van der Waals surface area contributed by atoms with E-state index >= 15 is 0 Å². The summed E-state index contributed by atoms with van der Waals surface area (Å²) in [4.78, 5) is 12.1. The number of hydrogen-bond acceptors (Lipinski definition) is 7. The summed E-state index contributed by atoms with van der Waals surface area (Å²) < 4.78 is 10.9. The fourth-order valence-corrected chi connectivity index (χ4v) is 1.65. The lowest BCUT2D eigenvalue weighted by Crippen LogP contribution is -2.12. The Kier molecular flexibility index (Phi) is 4.31. The number of aryl methyl sites for hydroxylation is 2. The Hall–Kier alpha value is -2.41. The Balaban J connectivity index is 2.29. The third-order valence-corrected chi connectivity index (χ3v) is 2.53. The van der Waals surface area contributed by atoms with Gasteiger partial charge in [0.05, 0.1) is 6.61 Å². The highest BCUT2D eigenvalue weighted by molar-refractivity contribution is 5.38. The number of benzene rings is 1. The van der Waals surface area contributed by atoms with Gasteiger partial charge in [0.25, 0.3) is 0 Å². The molecule has 106 valence electrons. The monoisotopic (exact) mass is 275 g/mol. The Labute approximate surface area is 117 Å². The molecule has 0 aliphatic heterocycles. The van der Waals surface area contributed by atoms with Gasteiger partial charge in [-0.05, 0) is 32.4 Å². The Morgan fingerprint density at radius 2 is 1.90 bits per heavy atom. The molecular weight excluding hydrogens is 258 g/mol. The predicted molar refractivity (Wildman–Crippen MR) is 74.8 cm³/mol. The van der Waals surface area contributed by atoms with Crippen LogP contribution in [0.1, 0.15) is 18.1 Å². The van der Waals surface area contributed by atoms with Gasteiger partial charge in [0.2, 0.25) is 5.95 Å². The van der Waals surface area contributed by atoms with Gasteiger partial charge in [0.1, 0.15) is 5.75 Å². The first kappa shape index (κ1) is 14.0. The van der Waals surface area contributed by atoms with E-state index in [2.05, 4.69) is 20.4 Å². The van der Waals surface area contributed by atoms with E-state index in [1.54, 1.807) is 0 Å². The van der Waals surface area contributed by atoms with Crippen molar-refractivity contribution < 1.29 is 9.47 Å². The molecule has 1 aromatic carbocycles. The summed E-state index contributed by atoms with van der Waals surface area (Å²) in [6.07, 6.45) is 0. The molecule has 0 radical (unpaired) electrons. The van der Waals surface area contributed by atoms with Crippen LogP contribution in [0.15, 0.2) is 18.2 Å². The maximum Gasteiger partial charge on any atom is 0.330 e. The standard InChI is InChI=1S/C13H17N5O2/c1-4-19-12-15-11(18-14)16-13(17-12)20-10-6-5-8(2)7-9(10)3/h5-7H,4,14H2,1-3H3,(H,15,16,17,18). The molecule has 2 aromatic rings. The molecule has 1 heterocycles. The van der Waals surface area contributed by atoms with Crippen molar-refractivity contribution in [1.82, 2.24) is 15.0 Å². The molecule has 0 atom stereocenters. The van der Waals surface area contributed by atoms with Crippen LogP contribution >= 0.6 is 0 Å². The van der Waals surface area contributed by atoms with Crippen molar-refractivity contribution in [2.45, 2.75) is 20.8 Å². The highest BCUT2D eigenvalue weighted by atomic mass is 16.5. The van der Waals surface area contributed by atoms with E-state index in [9.17, 15) is 0 Å². The van der Waals surface area contributed by atoms with Crippen LogP contribution in [-0.2, 0) is 0 Å². The molecule has 0 aliphatic carbocycles. The largest absolute Gasteiger partial charge is 0.464 e. The molecule has 0 unspecified atom stereocenters. The smallest absolute Gasteiger partial charge is 0.330 e. The zero-order chi connectivity index (χ0) is 14.5. The second-order valence-corrected chi connectivity index (χ2v) is 4.17. The van der Waals surface area contributed by atoms with E-state index in [-0.39, 0.29) is 18.0 Å². The van der Waals surface area contributed by atoms with Crippen LogP contribution in [0.5, 0.6) is 17.8 Å². The summed E-state index contributed by atoms with van der Waals surface area (Å²) in [6.45, 7) is 6.25. The Morgan fingerprint density at radius 1 is 1.15 bits per heavy atom. The maximum atomic E-state index is 5.66. The lowest BCUT2D eigenvalue weighted by atomic mass is 10.1. The fraction of sp³-hybridized carbons (Fsp3) is 0.308. The normalized spacial score (nSPS) is 10.2. The summed E-state index contributed by atoms with van der Waals surface area (Å²) in [6, 6.07) is 6.13. The van der Waals surface area contributed by atoms with E-state index in [4.69, 9.17) is 15.3 Å². The van der Waals surface area contributed by atoms with E-state index in [1.807, 2.05) is 39.0 Å². The number of rotatable bonds is 5. The van der Waals surface area contributed by atoms with Gasteiger partial charge < -0.3 is 9.47 Å². The number of aromatic nitrogens is 3. The minimum atomic E-state index is 0.128. The van der Waals surface area contributed by atoms with Crippen molar-refractivity contribution in [3.05, 3.63) is 29.3 Å². The second kappa shape index (κ2) is 6.16. The molecule has 20 heavy (non-hydrogen) atoms.